The summed E-state index contributed by atoms with van der Waals surface area (Å²) in [6.07, 6.45) is 0. The third-order valence-electron chi connectivity index (χ3n) is 2.70. The van der Waals surface area contributed by atoms with Gasteiger partial charge in [-0.1, -0.05) is 60.7 Å². The standard InChI is InChI=1S/C15H15NOS.CH3NOS/c17-15(18)16(11-13-7-3-1-4-8-13)12-14-9-5-2-6-10-14;2-1(3)4/h1-10H,11-12H2,(H,17,18);(H3,2,3,4). The minimum Gasteiger partial charge on any atom is -0.487 e. The number of aliphatic hydroxyl groups excluding tert-OH is 2. The normalized spacial score (nSPS) is 9.27. The molecule has 2 aromatic rings. The minimum atomic E-state index is -0.500. The molecule has 0 fully saturated rings. The molecule has 0 radical (unpaired) electrons. The number of thiocarbonyl (C=S) groups is 2. The zero-order chi connectivity index (χ0) is 16.4. The van der Waals surface area contributed by atoms with E-state index in [4.69, 9.17) is 17.3 Å². The third-order valence-corrected chi connectivity index (χ3v) is 2.96. The maximum Gasteiger partial charge on any atom is 0.257 e. The number of aliphatic hydroxyl groups is 2. The van der Waals surface area contributed by atoms with E-state index in [0.717, 1.165) is 11.1 Å². The molecule has 4 N–H and O–H groups in total. The first kappa shape index (κ1) is 17.9. The van der Waals surface area contributed by atoms with Gasteiger partial charge in [-0.25, -0.2) is 0 Å². The van der Waals surface area contributed by atoms with Gasteiger partial charge in [-0.2, -0.15) is 0 Å². The van der Waals surface area contributed by atoms with Gasteiger partial charge in [0.1, 0.15) is 0 Å². The van der Waals surface area contributed by atoms with E-state index < -0.39 is 5.17 Å². The lowest BCUT2D eigenvalue weighted by molar-refractivity contribution is 0.332. The molecule has 6 heteroatoms. The Morgan fingerprint density at radius 1 is 0.818 bits per heavy atom. The Morgan fingerprint density at radius 3 is 1.41 bits per heavy atom. The summed E-state index contributed by atoms with van der Waals surface area (Å²) >= 11 is 8.77. The Kier molecular flexibility index (Phi) is 7.88. The zero-order valence-corrected chi connectivity index (χ0v) is 13.6. The van der Waals surface area contributed by atoms with Gasteiger partial charge >= 0.3 is 0 Å². The van der Waals surface area contributed by atoms with Crippen molar-refractivity contribution < 1.29 is 10.2 Å². The number of benzene rings is 2. The highest BCUT2D eigenvalue weighted by molar-refractivity contribution is 7.80. The van der Waals surface area contributed by atoms with Gasteiger partial charge in [0.05, 0.1) is 0 Å². The van der Waals surface area contributed by atoms with Gasteiger partial charge in [0.25, 0.3) is 10.3 Å². The fourth-order valence-electron chi connectivity index (χ4n) is 1.80. The monoisotopic (exact) mass is 334 g/mol. The summed E-state index contributed by atoms with van der Waals surface area (Å²) in [6, 6.07) is 20.0. The number of hydrogen-bond donors (Lipinski definition) is 3. The second-order valence-electron chi connectivity index (χ2n) is 4.45. The maximum absolute atomic E-state index is 9.59. The third kappa shape index (κ3) is 7.56. The highest BCUT2D eigenvalue weighted by Crippen LogP contribution is 2.10. The average Bonchev–Trinajstić information content (AvgIpc) is 2.48. The Balaban J connectivity index is 0.000000541. The second-order valence-corrected chi connectivity index (χ2v) is 5.23. The molecular weight excluding hydrogens is 316 g/mol. The summed E-state index contributed by atoms with van der Waals surface area (Å²) in [5.74, 6) is 0. The highest BCUT2D eigenvalue weighted by atomic mass is 32.1. The van der Waals surface area contributed by atoms with Gasteiger partial charge in [0, 0.05) is 13.1 Å². The molecular formula is C16H18N2O2S2. The van der Waals surface area contributed by atoms with Gasteiger partial charge in [-0.3, -0.25) is 0 Å². The molecule has 0 aliphatic heterocycles. The van der Waals surface area contributed by atoms with Crippen LogP contribution >= 0.6 is 24.4 Å². The van der Waals surface area contributed by atoms with Gasteiger partial charge < -0.3 is 20.8 Å². The molecule has 0 aliphatic rings. The molecule has 22 heavy (non-hydrogen) atoms. The van der Waals surface area contributed by atoms with Crippen molar-refractivity contribution in [3.05, 3.63) is 71.8 Å². The van der Waals surface area contributed by atoms with E-state index >= 15 is 0 Å². The first-order valence-electron chi connectivity index (χ1n) is 6.53. The lowest BCUT2D eigenvalue weighted by atomic mass is 10.2. The molecule has 0 aliphatic carbocycles. The van der Waals surface area contributed by atoms with Crippen LogP contribution in [0.15, 0.2) is 60.7 Å². The number of rotatable bonds is 4. The van der Waals surface area contributed by atoms with Crippen LogP contribution < -0.4 is 5.73 Å². The van der Waals surface area contributed by atoms with E-state index in [1.807, 2.05) is 60.7 Å². The van der Waals surface area contributed by atoms with Crippen LogP contribution in [0, 0.1) is 0 Å². The zero-order valence-electron chi connectivity index (χ0n) is 11.9. The van der Waals surface area contributed by atoms with Gasteiger partial charge in [0.15, 0.2) is 0 Å². The van der Waals surface area contributed by atoms with E-state index in [2.05, 4.69) is 18.0 Å². The van der Waals surface area contributed by atoms with Crippen LogP contribution in [0.3, 0.4) is 0 Å². The minimum absolute atomic E-state index is 0.0669. The topological polar surface area (TPSA) is 69.7 Å². The second kappa shape index (κ2) is 9.70. The molecule has 2 aromatic carbocycles. The van der Waals surface area contributed by atoms with Crippen LogP contribution in [0.1, 0.15) is 11.1 Å². The molecule has 2 rings (SSSR count). The molecule has 0 saturated carbocycles. The van der Waals surface area contributed by atoms with Crippen molar-refractivity contribution in [2.24, 2.45) is 5.73 Å². The summed E-state index contributed by atoms with van der Waals surface area (Å²) in [5, 5.41) is 16.6. The molecule has 4 nitrogen and oxygen atoms in total. The van der Waals surface area contributed by atoms with Crippen LogP contribution in [0.2, 0.25) is 0 Å². The Labute approximate surface area is 140 Å². The average molecular weight is 334 g/mol. The Hall–Kier alpha value is -2.18. The molecule has 0 aromatic heterocycles. The van der Waals surface area contributed by atoms with Crippen molar-refractivity contribution in [3.63, 3.8) is 0 Å². The van der Waals surface area contributed by atoms with Crippen LogP contribution in [0.25, 0.3) is 0 Å². The Morgan fingerprint density at radius 2 is 1.14 bits per heavy atom. The molecule has 0 heterocycles. The largest absolute Gasteiger partial charge is 0.487 e. The quantitative estimate of drug-likeness (QED) is 0.745. The summed E-state index contributed by atoms with van der Waals surface area (Å²) in [6.45, 7) is 1.23. The first-order chi connectivity index (χ1) is 10.5. The first-order valence-corrected chi connectivity index (χ1v) is 7.35. The summed E-state index contributed by atoms with van der Waals surface area (Å²) in [7, 11) is 0. The molecule has 0 spiro atoms. The fourth-order valence-corrected chi connectivity index (χ4v) is 1.93. The molecule has 0 atom stereocenters. The number of nitrogens with two attached hydrogens (primary N) is 1. The smallest absolute Gasteiger partial charge is 0.257 e. The van der Waals surface area contributed by atoms with Crippen molar-refractivity contribution >= 4 is 34.8 Å². The van der Waals surface area contributed by atoms with Crippen molar-refractivity contribution in [1.82, 2.24) is 4.90 Å². The molecule has 116 valence electrons. The van der Waals surface area contributed by atoms with E-state index in [1.54, 1.807) is 4.90 Å². The Bertz CT molecular complexity index is 546. The van der Waals surface area contributed by atoms with E-state index in [9.17, 15) is 5.11 Å². The SMILES string of the molecule is NC(O)=S.OC(=S)N(Cc1ccccc1)Cc1ccccc1. The van der Waals surface area contributed by atoms with Crippen LogP contribution in [0.5, 0.6) is 0 Å². The summed E-state index contributed by atoms with van der Waals surface area (Å²) in [4.78, 5) is 1.78. The maximum atomic E-state index is 9.59. The van der Waals surface area contributed by atoms with Crippen LogP contribution in [-0.2, 0) is 13.1 Å². The number of nitrogens with zero attached hydrogens (tertiary/aromatic N) is 1. The van der Waals surface area contributed by atoms with Gasteiger partial charge in [0.2, 0.25) is 0 Å². The predicted molar refractivity (Wildman–Crippen MR) is 96.8 cm³/mol. The van der Waals surface area contributed by atoms with Crippen LogP contribution in [-0.4, -0.2) is 25.5 Å². The van der Waals surface area contributed by atoms with Crippen molar-refractivity contribution in [2.75, 3.05) is 0 Å². The van der Waals surface area contributed by atoms with Gasteiger partial charge in [-0.05, 0) is 35.6 Å². The van der Waals surface area contributed by atoms with E-state index in [1.165, 1.54) is 0 Å². The predicted octanol–water partition coefficient (Wildman–Crippen LogP) is 3.32. The lowest BCUT2D eigenvalue weighted by Crippen LogP contribution is -2.28. The highest BCUT2D eigenvalue weighted by Gasteiger charge is 2.09. The summed E-state index contributed by atoms with van der Waals surface area (Å²) in [5.41, 5.74) is 6.66. The van der Waals surface area contributed by atoms with Crippen molar-refractivity contribution in [2.45, 2.75) is 13.1 Å². The number of hydrogen-bond acceptors (Lipinski definition) is 2. The molecule has 0 amide bonds. The van der Waals surface area contributed by atoms with Crippen LogP contribution in [0.4, 0.5) is 0 Å². The van der Waals surface area contributed by atoms with Crippen molar-refractivity contribution in [3.8, 4) is 0 Å². The molecule has 0 saturated heterocycles. The lowest BCUT2D eigenvalue weighted by Gasteiger charge is -2.21. The fraction of sp³-hybridized carbons (Fsp3) is 0.125. The van der Waals surface area contributed by atoms with Crippen molar-refractivity contribution in [1.29, 1.82) is 0 Å². The van der Waals surface area contributed by atoms with E-state index in [-0.39, 0.29) is 5.17 Å². The summed E-state index contributed by atoms with van der Waals surface area (Å²) < 4.78 is 0. The van der Waals surface area contributed by atoms with E-state index in [0.29, 0.717) is 13.1 Å². The molecule has 0 bridgehead atoms. The van der Waals surface area contributed by atoms with Gasteiger partial charge in [-0.15, -0.1) is 0 Å². The molecule has 0 unspecified atom stereocenters.